The molecule has 90 valence electrons. The second-order valence-electron chi connectivity index (χ2n) is 3.71. The Balaban J connectivity index is 3.77. The Morgan fingerprint density at radius 1 is 1.40 bits per heavy atom. The largest absolute Gasteiger partial charge is 0.353 e. The molecule has 1 N–H and O–H groups in total. The number of alkyl halides is 1. The minimum Gasteiger partial charge on any atom is -0.353 e. The lowest BCUT2D eigenvalue weighted by molar-refractivity contribution is -0.121. The number of hydrogen-bond donors (Lipinski definition) is 1. The number of halogens is 1. The van der Waals surface area contributed by atoms with E-state index in [2.05, 4.69) is 5.32 Å². The number of carbonyl (C=O) groups is 1. The van der Waals surface area contributed by atoms with E-state index in [1.807, 2.05) is 0 Å². The van der Waals surface area contributed by atoms with Gasteiger partial charge in [-0.2, -0.15) is 0 Å². The maximum absolute atomic E-state index is 11.3. The summed E-state index contributed by atoms with van der Waals surface area (Å²) in [5.41, 5.74) is 0. The van der Waals surface area contributed by atoms with Gasteiger partial charge in [0.15, 0.2) is 0 Å². The van der Waals surface area contributed by atoms with E-state index in [0.29, 0.717) is 12.3 Å². The maximum Gasteiger partial charge on any atom is 0.220 e. The van der Waals surface area contributed by atoms with Crippen molar-refractivity contribution in [3.8, 4) is 0 Å². The molecule has 1 atom stereocenters. The van der Waals surface area contributed by atoms with Gasteiger partial charge in [0.25, 0.3) is 0 Å². The highest BCUT2D eigenvalue weighted by molar-refractivity contribution is 7.90. The van der Waals surface area contributed by atoms with Gasteiger partial charge in [-0.1, -0.05) is 0 Å². The number of unbranched alkanes of at least 4 members (excludes halogenated alkanes) is 1. The van der Waals surface area contributed by atoms with Gasteiger partial charge in [-0.25, -0.2) is 8.42 Å². The molecular weight excluding hydrogens is 238 g/mol. The van der Waals surface area contributed by atoms with Crippen molar-refractivity contribution in [2.45, 2.75) is 32.2 Å². The molecule has 0 saturated carbocycles. The number of amides is 1. The molecule has 0 bridgehead atoms. The molecule has 0 saturated heterocycles. The molecule has 0 rings (SSSR count). The van der Waals surface area contributed by atoms with E-state index >= 15 is 0 Å². The highest BCUT2D eigenvalue weighted by Gasteiger charge is 2.12. The summed E-state index contributed by atoms with van der Waals surface area (Å²) in [6, 6.07) is -0.330. The summed E-state index contributed by atoms with van der Waals surface area (Å²) in [5, 5.41) is 2.63. The summed E-state index contributed by atoms with van der Waals surface area (Å²) >= 11 is 5.47. The monoisotopic (exact) mass is 255 g/mol. The second-order valence-corrected chi connectivity index (χ2v) is 6.27. The van der Waals surface area contributed by atoms with E-state index in [4.69, 9.17) is 11.6 Å². The Bertz CT molecular complexity index is 290. The van der Waals surface area contributed by atoms with E-state index in [0.717, 1.165) is 19.1 Å². The van der Waals surface area contributed by atoms with Crippen LogP contribution in [0, 0.1) is 0 Å². The summed E-state index contributed by atoms with van der Waals surface area (Å²) in [4.78, 5) is 11.3. The first kappa shape index (κ1) is 14.7. The fourth-order valence-electron chi connectivity index (χ4n) is 1.22. The van der Waals surface area contributed by atoms with Crippen LogP contribution in [0.2, 0.25) is 0 Å². The topological polar surface area (TPSA) is 63.2 Å². The van der Waals surface area contributed by atoms with Crippen LogP contribution in [-0.4, -0.2) is 38.3 Å². The van der Waals surface area contributed by atoms with Crippen LogP contribution in [0.3, 0.4) is 0 Å². The predicted molar refractivity (Wildman–Crippen MR) is 61.9 cm³/mol. The van der Waals surface area contributed by atoms with E-state index in [9.17, 15) is 13.2 Å². The van der Waals surface area contributed by atoms with Crippen LogP contribution >= 0.6 is 11.6 Å². The number of carbonyl (C=O) groups excluding carboxylic acids is 1. The normalized spacial score (nSPS) is 13.5. The highest BCUT2D eigenvalue weighted by atomic mass is 35.5. The lowest BCUT2D eigenvalue weighted by Crippen LogP contribution is -2.37. The summed E-state index contributed by atoms with van der Waals surface area (Å²) in [5.74, 6) is 0.414. The van der Waals surface area contributed by atoms with Crippen LogP contribution in [0.1, 0.15) is 26.2 Å². The zero-order valence-electron chi connectivity index (χ0n) is 9.12. The van der Waals surface area contributed by atoms with Gasteiger partial charge in [-0.3, -0.25) is 4.79 Å². The molecule has 6 heteroatoms. The Labute approximate surface area is 96.3 Å². The molecule has 4 nitrogen and oxygen atoms in total. The van der Waals surface area contributed by atoms with E-state index < -0.39 is 9.84 Å². The standard InChI is InChI=1S/C9H18ClNO3S/c1-8(7-15(2,13)14)11-9(12)5-3-4-6-10/h8H,3-7H2,1-2H3,(H,11,12). The Morgan fingerprint density at radius 3 is 2.47 bits per heavy atom. The molecule has 0 aromatic carbocycles. The van der Waals surface area contributed by atoms with Gasteiger partial charge in [0.2, 0.25) is 5.91 Å². The van der Waals surface area contributed by atoms with Crippen LogP contribution in [0.5, 0.6) is 0 Å². The molecule has 15 heavy (non-hydrogen) atoms. The highest BCUT2D eigenvalue weighted by Crippen LogP contribution is 1.98. The molecule has 0 aromatic rings. The maximum atomic E-state index is 11.3. The SMILES string of the molecule is CC(CS(C)(=O)=O)NC(=O)CCCCCl. The molecule has 1 amide bonds. The first-order chi connectivity index (χ1) is 6.85. The zero-order valence-corrected chi connectivity index (χ0v) is 10.7. The second kappa shape index (κ2) is 7.06. The van der Waals surface area contributed by atoms with Crippen molar-refractivity contribution in [2.75, 3.05) is 17.9 Å². The van der Waals surface area contributed by atoms with E-state index in [-0.39, 0.29) is 17.7 Å². The lowest BCUT2D eigenvalue weighted by Gasteiger charge is -2.12. The molecule has 0 heterocycles. The smallest absolute Gasteiger partial charge is 0.220 e. The van der Waals surface area contributed by atoms with Crippen molar-refractivity contribution >= 4 is 27.3 Å². The third kappa shape index (κ3) is 10.0. The Hall–Kier alpha value is -0.290. The molecule has 0 spiro atoms. The van der Waals surface area contributed by atoms with Crippen molar-refractivity contribution in [3.63, 3.8) is 0 Å². The van der Waals surface area contributed by atoms with Crippen molar-refractivity contribution in [1.82, 2.24) is 5.32 Å². The molecule has 0 fully saturated rings. The fourth-order valence-corrected chi connectivity index (χ4v) is 2.40. The first-order valence-electron chi connectivity index (χ1n) is 4.88. The summed E-state index contributed by atoms with van der Waals surface area (Å²) in [7, 11) is -3.03. The number of sulfone groups is 1. The van der Waals surface area contributed by atoms with Crippen LogP contribution in [0.4, 0.5) is 0 Å². The summed E-state index contributed by atoms with van der Waals surface area (Å²) in [6.07, 6.45) is 3.10. The van der Waals surface area contributed by atoms with Gasteiger partial charge < -0.3 is 5.32 Å². The molecule has 0 aromatic heterocycles. The minimum atomic E-state index is -3.03. The average Bonchev–Trinajstić information content (AvgIpc) is 2.00. The number of nitrogens with one attached hydrogen (secondary N) is 1. The van der Waals surface area contributed by atoms with Crippen molar-refractivity contribution < 1.29 is 13.2 Å². The molecule has 0 aliphatic carbocycles. The molecular formula is C9H18ClNO3S. The third-order valence-corrected chi connectivity index (χ3v) is 3.12. The molecule has 0 aliphatic heterocycles. The zero-order chi connectivity index (χ0) is 11.9. The summed E-state index contributed by atoms with van der Waals surface area (Å²) < 4.78 is 21.8. The van der Waals surface area contributed by atoms with Crippen LogP contribution in [0.25, 0.3) is 0 Å². The lowest BCUT2D eigenvalue weighted by atomic mass is 10.2. The van der Waals surface area contributed by atoms with Crippen molar-refractivity contribution in [2.24, 2.45) is 0 Å². The van der Waals surface area contributed by atoms with Crippen LogP contribution in [-0.2, 0) is 14.6 Å². The van der Waals surface area contributed by atoms with Crippen molar-refractivity contribution in [1.29, 1.82) is 0 Å². The van der Waals surface area contributed by atoms with Gasteiger partial charge in [-0.15, -0.1) is 11.6 Å². The van der Waals surface area contributed by atoms with Gasteiger partial charge in [0.05, 0.1) is 5.75 Å². The summed E-state index contributed by atoms with van der Waals surface area (Å²) in [6.45, 7) is 1.68. The van der Waals surface area contributed by atoms with Gasteiger partial charge in [0.1, 0.15) is 9.84 Å². The van der Waals surface area contributed by atoms with E-state index in [1.165, 1.54) is 0 Å². The first-order valence-corrected chi connectivity index (χ1v) is 7.47. The minimum absolute atomic E-state index is 0.0196. The average molecular weight is 256 g/mol. The van der Waals surface area contributed by atoms with Gasteiger partial charge in [0, 0.05) is 24.6 Å². The molecule has 0 aliphatic rings. The third-order valence-electron chi connectivity index (χ3n) is 1.75. The van der Waals surface area contributed by atoms with Crippen LogP contribution in [0.15, 0.2) is 0 Å². The van der Waals surface area contributed by atoms with Gasteiger partial charge in [-0.05, 0) is 19.8 Å². The predicted octanol–water partition coefficient (Wildman–Crippen LogP) is 0.945. The number of hydrogen-bond acceptors (Lipinski definition) is 3. The van der Waals surface area contributed by atoms with Crippen LogP contribution < -0.4 is 5.32 Å². The fraction of sp³-hybridized carbons (Fsp3) is 0.889. The quantitative estimate of drug-likeness (QED) is 0.544. The van der Waals surface area contributed by atoms with E-state index in [1.54, 1.807) is 6.92 Å². The number of rotatable bonds is 7. The molecule has 1 unspecified atom stereocenters. The van der Waals surface area contributed by atoms with Crippen molar-refractivity contribution in [3.05, 3.63) is 0 Å². The molecule has 0 radical (unpaired) electrons. The Kier molecular flexibility index (Phi) is 6.92. The Morgan fingerprint density at radius 2 is 2.00 bits per heavy atom. The van der Waals surface area contributed by atoms with Gasteiger partial charge >= 0.3 is 0 Å².